The normalized spacial score (nSPS) is 11.3. The smallest absolute Gasteiger partial charge is 0.339 e. The van der Waals surface area contributed by atoms with E-state index in [-0.39, 0.29) is 21.4 Å². The van der Waals surface area contributed by atoms with Crippen LogP contribution in [0.3, 0.4) is 0 Å². The number of thiocarbonyl (C=S) groups is 1. The molecule has 0 radical (unpaired) electrons. The predicted molar refractivity (Wildman–Crippen MR) is 116 cm³/mol. The zero-order chi connectivity index (χ0) is 20.9. The lowest BCUT2D eigenvalue weighted by Crippen LogP contribution is -2.16. The maximum absolute atomic E-state index is 12.5. The van der Waals surface area contributed by atoms with E-state index in [1.54, 1.807) is 48.5 Å². The third-order valence-corrected chi connectivity index (χ3v) is 5.51. The summed E-state index contributed by atoms with van der Waals surface area (Å²) in [6.07, 6.45) is 1.40. The van der Waals surface area contributed by atoms with Gasteiger partial charge in [-0.1, -0.05) is 54.2 Å². The highest BCUT2D eigenvalue weighted by Crippen LogP contribution is 2.22. The highest BCUT2D eigenvalue weighted by molar-refractivity contribution is 7.87. The molecule has 3 aromatic carbocycles. The summed E-state index contributed by atoms with van der Waals surface area (Å²) in [6.45, 7) is 1.87. The van der Waals surface area contributed by atoms with E-state index in [0.29, 0.717) is 11.1 Å². The Labute approximate surface area is 174 Å². The average Bonchev–Trinajstić information content (AvgIpc) is 2.69. The monoisotopic (exact) mass is 426 g/mol. The maximum Gasteiger partial charge on any atom is 0.339 e. The third-order valence-electron chi connectivity index (χ3n) is 3.95. The first kappa shape index (κ1) is 20.5. The number of aryl methyl sites for hydroxylation is 1. The molecule has 0 atom stereocenters. The number of hydrazone groups is 1. The number of phenolic OH excluding ortho intramolecular Hbond substituents is 1. The van der Waals surface area contributed by atoms with Crippen LogP contribution in [0.5, 0.6) is 11.5 Å². The molecular weight excluding hydrogens is 408 g/mol. The Balaban J connectivity index is 1.77. The molecule has 0 amide bonds. The van der Waals surface area contributed by atoms with Crippen molar-refractivity contribution in [1.82, 2.24) is 5.43 Å². The van der Waals surface area contributed by atoms with E-state index in [2.05, 4.69) is 10.5 Å². The van der Waals surface area contributed by atoms with Crippen molar-refractivity contribution in [3.8, 4) is 11.5 Å². The SMILES string of the molecule is Cc1ccc(S(=O)(=O)Oc2ccccc2/C=N/NC(=S)c2ccccc2O)cc1. The molecule has 0 saturated heterocycles. The van der Waals surface area contributed by atoms with Gasteiger partial charge < -0.3 is 9.29 Å². The van der Waals surface area contributed by atoms with Gasteiger partial charge in [0.15, 0.2) is 5.75 Å². The van der Waals surface area contributed by atoms with Crippen LogP contribution in [0.15, 0.2) is 82.8 Å². The third kappa shape index (κ3) is 5.18. The molecule has 6 nitrogen and oxygen atoms in total. The van der Waals surface area contributed by atoms with Crippen LogP contribution in [0.1, 0.15) is 16.7 Å². The van der Waals surface area contributed by atoms with Crippen molar-refractivity contribution >= 4 is 33.5 Å². The number of rotatable bonds is 6. The van der Waals surface area contributed by atoms with Gasteiger partial charge in [-0.15, -0.1) is 0 Å². The van der Waals surface area contributed by atoms with Crippen molar-refractivity contribution in [2.75, 3.05) is 0 Å². The van der Waals surface area contributed by atoms with E-state index < -0.39 is 10.1 Å². The number of hydrogen-bond donors (Lipinski definition) is 2. The van der Waals surface area contributed by atoms with Gasteiger partial charge in [0.1, 0.15) is 15.6 Å². The molecule has 8 heteroatoms. The largest absolute Gasteiger partial charge is 0.507 e. The lowest BCUT2D eigenvalue weighted by Gasteiger charge is -2.10. The molecule has 148 valence electrons. The molecule has 0 unspecified atom stereocenters. The standard InChI is InChI=1S/C21H18N2O4S2/c1-15-10-12-17(13-11-15)29(25,26)27-20-9-5-2-6-16(20)14-22-23-21(28)18-7-3-4-8-19(18)24/h2-14,24H,1H3,(H,23,28)/b22-14+. The molecule has 0 aromatic heterocycles. The Morgan fingerprint density at radius 1 is 1.03 bits per heavy atom. The van der Waals surface area contributed by atoms with Crippen LogP contribution in [-0.4, -0.2) is 24.7 Å². The Hall–Kier alpha value is -3.23. The topological polar surface area (TPSA) is 88.0 Å². The van der Waals surface area contributed by atoms with Crippen molar-refractivity contribution in [2.45, 2.75) is 11.8 Å². The highest BCUT2D eigenvalue weighted by atomic mass is 32.2. The molecule has 3 rings (SSSR count). The zero-order valence-corrected chi connectivity index (χ0v) is 17.1. The van der Waals surface area contributed by atoms with Crippen molar-refractivity contribution in [2.24, 2.45) is 5.10 Å². The lowest BCUT2D eigenvalue weighted by molar-refractivity contribution is 0.474. The number of nitrogens with one attached hydrogen (secondary N) is 1. The Bertz CT molecular complexity index is 1160. The van der Waals surface area contributed by atoms with Crippen LogP contribution >= 0.6 is 12.2 Å². The van der Waals surface area contributed by atoms with E-state index in [4.69, 9.17) is 16.4 Å². The van der Waals surface area contributed by atoms with Gasteiger partial charge in [0.05, 0.1) is 11.8 Å². The predicted octanol–water partition coefficient (Wildman–Crippen LogP) is 3.77. The summed E-state index contributed by atoms with van der Waals surface area (Å²) in [5.74, 6) is 0.167. The number of nitrogens with zero attached hydrogens (tertiary/aromatic N) is 1. The molecule has 0 bridgehead atoms. The van der Waals surface area contributed by atoms with Crippen LogP contribution in [0.4, 0.5) is 0 Å². The van der Waals surface area contributed by atoms with Gasteiger partial charge in [-0.2, -0.15) is 13.5 Å². The van der Waals surface area contributed by atoms with E-state index in [0.717, 1.165) is 5.56 Å². The number of phenols is 1. The minimum atomic E-state index is -3.98. The number of para-hydroxylation sites is 2. The molecule has 0 saturated carbocycles. The van der Waals surface area contributed by atoms with Crippen LogP contribution in [0.25, 0.3) is 0 Å². The molecule has 3 aromatic rings. The van der Waals surface area contributed by atoms with Crippen LogP contribution < -0.4 is 9.61 Å². The fraction of sp³-hybridized carbons (Fsp3) is 0.0476. The second-order valence-electron chi connectivity index (χ2n) is 6.10. The van der Waals surface area contributed by atoms with Gasteiger partial charge >= 0.3 is 10.1 Å². The van der Waals surface area contributed by atoms with E-state index in [9.17, 15) is 13.5 Å². The quantitative estimate of drug-likeness (QED) is 0.270. The summed E-state index contributed by atoms with van der Waals surface area (Å²) in [7, 11) is -3.98. The molecule has 0 aliphatic rings. The van der Waals surface area contributed by atoms with Gasteiger partial charge in [0.2, 0.25) is 0 Å². The molecule has 0 spiro atoms. The first-order valence-electron chi connectivity index (χ1n) is 8.58. The number of benzene rings is 3. The lowest BCUT2D eigenvalue weighted by atomic mass is 10.2. The number of aromatic hydroxyl groups is 1. The molecule has 0 aliphatic carbocycles. The van der Waals surface area contributed by atoms with Gasteiger partial charge in [-0.25, -0.2) is 0 Å². The molecule has 2 N–H and O–H groups in total. The molecule has 29 heavy (non-hydrogen) atoms. The fourth-order valence-electron chi connectivity index (χ4n) is 2.42. The second-order valence-corrected chi connectivity index (χ2v) is 8.06. The van der Waals surface area contributed by atoms with Crippen LogP contribution in [0.2, 0.25) is 0 Å². The van der Waals surface area contributed by atoms with Crippen molar-refractivity contribution in [3.05, 3.63) is 89.5 Å². The summed E-state index contributed by atoms with van der Waals surface area (Å²) in [5, 5.41) is 13.9. The average molecular weight is 427 g/mol. The molecular formula is C21H18N2O4S2. The fourth-order valence-corrected chi connectivity index (χ4v) is 3.60. The van der Waals surface area contributed by atoms with Gasteiger partial charge in [-0.05, 0) is 43.3 Å². The Kier molecular flexibility index (Phi) is 6.26. The highest BCUT2D eigenvalue weighted by Gasteiger charge is 2.17. The van der Waals surface area contributed by atoms with Crippen molar-refractivity contribution in [1.29, 1.82) is 0 Å². The summed E-state index contributed by atoms with van der Waals surface area (Å²) in [5.41, 5.74) is 4.48. The van der Waals surface area contributed by atoms with Gasteiger partial charge in [0.25, 0.3) is 0 Å². The minimum absolute atomic E-state index is 0.0353. The van der Waals surface area contributed by atoms with E-state index in [1.807, 2.05) is 6.92 Å². The van der Waals surface area contributed by atoms with Crippen LogP contribution in [-0.2, 0) is 10.1 Å². The molecule has 0 heterocycles. The minimum Gasteiger partial charge on any atom is -0.507 e. The van der Waals surface area contributed by atoms with Gasteiger partial charge in [-0.3, -0.25) is 5.43 Å². The number of hydrogen-bond acceptors (Lipinski definition) is 6. The maximum atomic E-state index is 12.5. The zero-order valence-electron chi connectivity index (χ0n) is 15.4. The first-order chi connectivity index (χ1) is 13.9. The summed E-state index contributed by atoms with van der Waals surface area (Å²) < 4.78 is 30.4. The Morgan fingerprint density at radius 3 is 2.41 bits per heavy atom. The van der Waals surface area contributed by atoms with Crippen molar-refractivity contribution < 1.29 is 17.7 Å². The molecule has 0 fully saturated rings. The summed E-state index contributed by atoms with van der Waals surface area (Å²) in [4.78, 5) is 0.290. The second kappa shape index (κ2) is 8.85. The van der Waals surface area contributed by atoms with Crippen LogP contribution in [0, 0.1) is 6.92 Å². The summed E-state index contributed by atoms with van der Waals surface area (Å²) >= 11 is 5.21. The van der Waals surface area contributed by atoms with Gasteiger partial charge in [0, 0.05) is 5.56 Å². The van der Waals surface area contributed by atoms with E-state index in [1.165, 1.54) is 30.5 Å². The first-order valence-corrected chi connectivity index (χ1v) is 10.4. The van der Waals surface area contributed by atoms with Crippen molar-refractivity contribution in [3.63, 3.8) is 0 Å². The summed E-state index contributed by atoms with van der Waals surface area (Å²) in [6, 6.07) is 19.6. The molecule has 0 aliphatic heterocycles. The van der Waals surface area contributed by atoms with E-state index >= 15 is 0 Å². The Morgan fingerprint density at radius 2 is 1.69 bits per heavy atom.